The summed E-state index contributed by atoms with van der Waals surface area (Å²) in [6, 6.07) is -0.126. The fourth-order valence-corrected chi connectivity index (χ4v) is 2.52. The third-order valence-electron chi connectivity index (χ3n) is 3.30. The summed E-state index contributed by atoms with van der Waals surface area (Å²) in [6.45, 7) is 7.87. The molecule has 0 spiro atoms. The van der Waals surface area contributed by atoms with E-state index < -0.39 is 0 Å². The topological polar surface area (TPSA) is 49.4 Å². The van der Waals surface area contributed by atoms with Gasteiger partial charge in [0.2, 0.25) is 11.8 Å². The van der Waals surface area contributed by atoms with Crippen molar-refractivity contribution in [3.05, 3.63) is 0 Å². The van der Waals surface area contributed by atoms with E-state index in [2.05, 4.69) is 26.1 Å². The molecule has 0 radical (unpaired) electrons. The molecule has 0 unspecified atom stereocenters. The van der Waals surface area contributed by atoms with Crippen molar-refractivity contribution in [2.45, 2.75) is 52.6 Å². The predicted octanol–water partition coefficient (Wildman–Crippen LogP) is 1.16. The van der Waals surface area contributed by atoms with E-state index in [1.807, 2.05) is 0 Å². The van der Waals surface area contributed by atoms with Crippen LogP contribution >= 0.6 is 0 Å². The number of rotatable bonds is 1. The molecule has 0 bridgehead atoms. The highest BCUT2D eigenvalue weighted by molar-refractivity contribution is 5.87. The molecular weight excluding hydrogens is 204 g/mol. The number of carbonyl (C=O) groups excluding carboxylic acids is 2. The molecule has 1 saturated heterocycles. The van der Waals surface area contributed by atoms with Crippen LogP contribution in [-0.2, 0) is 9.59 Å². The van der Waals surface area contributed by atoms with Gasteiger partial charge in [-0.1, -0.05) is 20.8 Å². The monoisotopic (exact) mass is 226 g/mol. The summed E-state index contributed by atoms with van der Waals surface area (Å²) < 4.78 is 0. The van der Waals surface area contributed by atoms with Crippen molar-refractivity contribution >= 4 is 11.8 Å². The summed E-state index contributed by atoms with van der Waals surface area (Å²) in [5, 5.41) is 2.63. The van der Waals surface area contributed by atoms with Crippen LogP contribution in [0.15, 0.2) is 0 Å². The Morgan fingerprint density at radius 1 is 1.25 bits per heavy atom. The van der Waals surface area contributed by atoms with Crippen LogP contribution in [0.4, 0.5) is 0 Å². The van der Waals surface area contributed by atoms with Gasteiger partial charge in [0.1, 0.15) is 6.04 Å². The number of likely N-dealkylation sites (N-methyl/N-ethyl adjacent to an activating group) is 1. The Bertz CT molecular complexity index is 294. The first kappa shape index (κ1) is 13.0. The zero-order valence-electron chi connectivity index (χ0n) is 10.8. The lowest BCUT2D eigenvalue weighted by Gasteiger charge is -2.36. The Morgan fingerprint density at radius 3 is 2.19 bits per heavy atom. The summed E-state index contributed by atoms with van der Waals surface area (Å²) in [6.07, 6.45) is 1.67. The van der Waals surface area contributed by atoms with E-state index in [1.165, 1.54) is 0 Å². The van der Waals surface area contributed by atoms with Crippen LogP contribution in [-0.4, -0.2) is 35.8 Å². The van der Waals surface area contributed by atoms with Gasteiger partial charge in [-0.05, 0) is 18.3 Å². The molecule has 1 heterocycles. The number of likely N-dealkylation sites (tertiary alicyclic amines) is 1. The summed E-state index contributed by atoms with van der Waals surface area (Å²) in [5.41, 5.74) is 0.0223. The van der Waals surface area contributed by atoms with Crippen molar-refractivity contribution in [1.82, 2.24) is 10.2 Å². The van der Waals surface area contributed by atoms with Gasteiger partial charge in [-0.2, -0.15) is 0 Å². The van der Waals surface area contributed by atoms with Crippen molar-refractivity contribution in [3.8, 4) is 0 Å². The number of hydrogen-bond acceptors (Lipinski definition) is 2. The van der Waals surface area contributed by atoms with Crippen LogP contribution in [0.1, 0.15) is 40.5 Å². The summed E-state index contributed by atoms with van der Waals surface area (Å²) in [4.78, 5) is 25.1. The average molecular weight is 226 g/mol. The van der Waals surface area contributed by atoms with Gasteiger partial charge in [0, 0.05) is 20.0 Å². The fourth-order valence-electron chi connectivity index (χ4n) is 2.52. The normalized spacial score (nSPS) is 25.7. The SMILES string of the molecule is CNC(=O)[C@@H]1CC[C@H](C(C)(C)C)N1C(C)=O. The smallest absolute Gasteiger partial charge is 0.242 e. The maximum atomic E-state index is 11.7. The van der Waals surface area contributed by atoms with Crippen LogP contribution in [0.5, 0.6) is 0 Å². The van der Waals surface area contributed by atoms with E-state index in [-0.39, 0.29) is 29.3 Å². The third kappa shape index (κ3) is 2.36. The molecule has 1 fully saturated rings. The van der Waals surface area contributed by atoms with Crippen LogP contribution in [0.3, 0.4) is 0 Å². The van der Waals surface area contributed by atoms with Crippen molar-refractivity contribution < 1.29 is 9.59 Å². The van der Waals surface area contributed by atoms with E-state index >= 15 is 0 Å². The van der Waals surface area contributed by atoms with Gasteiger partial charge in [0.25, 0.3) is 0 Å². The van der Waals surface area contributed by atoms with Gasteiger partial charge in [0.05, 0.1) is 0 Å². The Hall–Kier alpha value is -1.06. The van der Waals surface area contributed by atoms with Crippen molar-refractivity contribution in [3.63, 3.8) is 0 Å². The first-order valence-electron chi connectivity index (χ1n) is 5.79. The van der Waals surface area contributed by atoms with Crippen LogP contribution in [0.25, 0.3) is 0 Å². The first-order chi connectivity index (χ1) is 7.29. The lowest BCUT2D eigenvalue weighted by Crippen LogP contribution is -2.50. The highest BCUT2D eigenvalue weighted by Gasteiger charge is 2.43. The van der Waals surface area contributed by atoms with E-state index in [4.69, 9.17) is 0 Å². The minimum atomic E-state index is -0.285. The minimum absolute atomic E-state index is 0.00831. The highest BCUT2D eigenvalue weighted by Crippen LogP contribution is 2.36. The van der Waals surface area contributed by atoms with Gasteiger partial charge in [-0.25, -0.2) is 0 Å². The molecule has 1 rings (SSSR count). The van der Waals surface area contributed by atoms with Gasteiger partial charge in [-0.15, -0.1) is 0 Å². The van der Waals surface area contributed by atoms with Crippen LogP contribution in [0.2, 0.25) is 0 Å². The molecule has 0 aromatic heterocycles. The Kier molecular flexibility index (Phi) is 3.61. The lowest BCUT2D eigenvalue weighted by atomic mass is 9.85. The summed E-state index contributed by atoms with van der Waals surface area (Å²) in [5.74, 6) is -0.0621. The maximum absolute atomic E-state index is 11.7. The molecule has 2 amide bonds. The molecule has 4 nitrogen and oxygen atoms in total. The molecular formula is C12H22N2O2. The summed E-state index contributed by atoms with van der Waals surface area (Å²) in [7, 11) is 1.62. The van der Waals surface area contributed by atoms with Gasteiger partial charge < -0.3 is 10.2 Å². The predicted molar refractivity (Wildman–Crippen MR) is 62.9 cm³/mol. The molecule has 1 aliphatic rings. The average Bonchev–Trinajstić information content (AvgIpc) is 2.59. The first-order valence-corrected chi connectivity index (χ1v) is 5.79. The quantitative estimate of drug-likeness (QED) is 0.729. The summed E-state index contributed by atoms with van der Waals surface area (Å²) >= 11 is 0. The van der Waals surface area contributed by atoms with Gasteiger partial charge >= 0.3 is 0 Å². The number of nitrogens with zero attached hydrogens (tertiary/aromatic N) is 1. The Morgan fingerprint density at radius 2 is 1.81 bits per heavy atom. The number of hydrogen-bond donors (Lipinski definition) is 1. The van der Waals surface area contributed by atoms with Crippen LogP contribution in [0, 0.1) is 5.41 Å². The van der Waals surface area contributed by atoms with Gasteiger partial charge in [0.15, 0.2) is 0 Å². The van der Waals surface area contributed by atoms with Crippen molar-refractivity contribution in [2.24, 2.45) is 5.41 Å². The van der Waals surface area contributed by atoms with Crippen LogP contribution < -0.4 is 5.32 Å². The van der Waals surface area contributed by atoms with E-state index in [0.717, 1.165) is 12.8 Å². The Labute approximate surface area is 97.4 Å². The van der Waals surface area contributed by atoms with Crippen molar-refractivity contribution in [1.29, 1.82) is 0 Å². The second-order valence-electron chi connectivity index (χ2n) is 5.52. The van der Waals surface area contributed by atoms with E-state index in [0.29, 0.717) is 0 Å². The Balaban J connectivity index is 2.94. The van der Waals surface area contributed by atoms with Gasteiger partial charge in [-0.3, -0.25) is 9.59 Å². The fraction of sp³-hybridized carbons (Fsp3) is 0.833. The van der Waals surface area contributed by atoms with E-state index in [1.54, 1.807) is 18.9 Å². The second kappa shape index (κ2) is 4.44. The lowest BCUT2D eigenvalue weighted by molar-refractivity contribution is -0.140. The van der Waals surface area contributed by atoms with Crippen molar-refractivity contribution in [2.75, 3.05) is 7.05 Å². The molecule has 0 saturated carbocycles. The minimum Gasteiger partial charge on any atom is -0.357 e. The standard InChI is InChI=1S/C12H22N2O2/c1-8(15)14-9(11(16)13-5)6-7-10(14)12(2,3)4/h9-10H,6-7H2,1-5H3,(H,13,16)/t9-,10+/m0/s1. The number of nitrogens with one attached hydrogen (secondary N) is 1. The molecule has 16 heavy (non-hydrogen) atoms. The number of amides is 2. The largest absolute Gasteiger partial charge is 0.357 e. The molecule has 92 valence electrons. The van der Waals surface area contributed by atoms with E-state index in [9.17, 15) is 9.59 Å². The molecule has 2 atom stereocenters. The molecule has 0 aromatic rings. The zero-order valence-corrected chi connectivity index (χ0v) is 10.8. The number of carbonyl (C=O) groups is 2. The molecule has 1 aliphatic heterocycles. The third-order valence-corrected chi connectivity index (χ3v) is 3.30. The maximum Gasteiger partial charge on any atom is 0.242 e. The zero-order chi connectivity index (χ0) is 12.5. The molecule has 1 N–H and O–H groups in total. The second-order valence-corrected chi connectivity index (χ2v) is 5.52. The molecule has 4 heteroatoms. The molecule has 0 aliphatic carbocycles. The highest BCUT2D eigenvalue weighted by atomic mass is 16.2. The molecule has 0 aromatic carbocycles.